The summed E-state index contributed by atoms with van der Waals surface area (Å²) in [5, 5.41) is 0.473. The van der Waals surface area contributed by atoms with E-state index in [9.17, 15) is 8.42 Å². The smallest absolute Gasteiger partial charge is 0.243 e. The van der Waals surface area contributed by atoms with Gasteiger partial charge >= 0.3 is 0 Å². The third kappa shape index (κ3) is 6.39. The summed E-state index contributed by atoms with van der Waals surface area (Å²) in [6, 6.07) is 24.8. The fourth-order valence-corrected chi connectivity index (χ4v) is 4.93. The molecule has 0 amide bonds. The van der Waals surface area contributed by atoms with E-state index >= 15 is 0 Å². The molecule has 0 aliphatic heterocycles. The third-order valence-corrected chi connectivity index (χ3v) is 7.42. The number of hydrogen-bond donors (Lipinski definition) is 0. The number of furan rings is 1. The van der Waals surface area contributed by atoms with E-state index in [1.807, 2.05) is 55.5 Å². The maximum absolute atomic E-state index is 13.5. The minimum absolute atomic E-state index is 0.0647. The fourth-order valence-electron chi connectivity index (χ4n) is 3.41. The van der Waals surface area contributed by atoms with Crippen LogP contribution in [0.1, 0.15) is 22.6 Å². The van der Waals surface area contributed by atoms with E-state index < -0.39 is 10.0 Å². The Bertz CT molecular complexity index is 1400. The van der Waals surface area contributed by atoms with Crippen LogP contribution in [0.15, 0.2) is 99.2 Å². The second-order valence-corrected chi connectivity index (χ2v) is 10.3. The molecule has 0 N–H and O–H groups in total. The molecule has 1 aromatic heterocycles. The SMILES string of the molecule is COc1ccc(N=Cc2ccc(CN(Cc3ccc(C)cc3)S(=O)(=O)c3ccc(Cl)cc3)o2)cc1. The van der Waals surface area contributed by atoms with Crippen LogP contribution in [0.3, 0.4) is 0 Å². The molecule has 8 heteroatoms. The van der Waals surface area contributed by atoms with Crippen LogP contribution >= 0.6 is 11.6 Å². The van der Waals surface area contributed by atoms with Crippen LogP contribution in [0, 0.1) is 6.92 Å². The van der Waals surface area contributed by atoms with Gasteiger partial charge in [-0.2, -0.15) is 4.31 Å². The first-order chi connectivity index (χ1) is 16.8. The van der Waals surface area contributed by atoms with Crippen LogP contribution in [0.2, 0.25) is 5.02 Å². The zero-order valence-electron chi connectivity index (χ0n) is 19.4. The first-order valence-corrected chi connectivity index (χ1v) is 12.7. The largest absolute Gasteiger partial charge is 0.497 e. The summed E-state index contributed by atoms with van der Waals surface area (Å²) in [7, 11) is -2.20. The molecule has 0 aliphatic carbocycles. The maximum Gasteiger partial charge on any atom is 0.243 e. The highest BCUT2D eigenvalue weighted by Crippen LogP contribution is 2.24. The number of rotatable bonds is 9. The molecule has 4 aromatic rings. The van der Waals surface area contributed by atoms with Crippen LogP contribution in [0.4, 0.5) is 5.69 Å². The number of hydrogen-bond acceptors (Lipinski definition) is 5. The van der Waals surface area contributed by atoms with Gasteiger partial charge in [0.1, 0.15) is 17.3 Å². The van der Waals surface area contributed by atoms with E-state index in [1.54, 1.807) is 37.6 Å². The monoisotopic (exact) mass is 508 g/mol. The summed E-state index contributed by atoms with van der Waals surface area (Å²) < 4.78 is 39.4. The molecule has 3 aromatic carbocycles. The van der Waals surface area contributed by atoms with E-state index in [0.717, 1.165) is 22.6 Å². The van der Waals surface area contributed by atoms with Gasteiger partial charge in [-0.3, -0.25) is 4.99 Å². The molecule has 6 nitrogen and oxygen atoms in total. The molecule has 1 heterocycles. The number of sulfonamides is 1. The van der Waals surface area contributed by atoms with Crippen molar-refractivity contribution in [2.45, 2.75) is 24.9 Å². The Morgan fingerprint density at radius 1 is 0.914 bits per heavy atom. The number of methoxy groups -OCH3 is 1. The summed E-state index contributed by atoms with van der Waals surface area (Å²) in [4.78, 5) is 4.57. The van der Waals surface area contributed by atoms with Gasteiger partial charge in [0.05, 0.1) is 30.5 Å². The van der Waals surface area contributed by atoms with E-state index in [4.69, 9.17) is 20.8 Å². The van der Waals surface area contributed by atoms with Crippen molar-refractivity contribution in [1.82, 2.24) is 4.31 Å². The quantitative estimate of drug-likeness (QED) is 0.245. The van der Waals surface area contributed by atoms with Crippen molar-refractivity contribution < 1.29 is 17.6 Å². The summed E-state index contributed by atoms with van der Waals surface area (Å²) in [6.07, 6.45) is 1.60. The van der Waals surface area contributed by atoms with Crippen molar-refractivity contribution >= 4 is 33.5 Å². The Morgan fingerprint density at radius 2 is 1.60 bits per heavy atom. The highest BCUT2D eigenvalue weighted by molar-refractivity contribution is 7.89. The van der Waals surface area contributed by atoms with Crippen LogP contribution in [-0.2, 0) is 23.1 Å². The summed E-state index contributed by atoms with van der Waals surface area (Å²) in [6.45, 7) is 2.25. The minimum atomic E-state index is -3.81. The average Bonchev–Trinajstić information content (AvgIpc) is 3.31. The normalized spacial score (nSPS) is 11.9. The van der Waals surface area contributed by atoms with Crippen molar-refractivity contribution in [3.05, 3.63) is 113 Å². The summed E-state index contributed by atoms with van der Waals surface area (Å²) in [5.41, 5.74) is 2.73. The number of benzene rings is 3. The minimum Gasteiger partial charge on any atom is -0.497 e. The van der Waals surface area contributed by atoms with E-state index in [1.165, 1.54) is 16.4 Å². The van der Waals surface area contributed by atoms with Gasteiger partial charge in [0, 0.05) is 11.6 Å². The maximum atomic E-state index is 13.5. The third-order valence-electron chi connectivity index (χ3n) is 5.36. The molecule has 35 heavy (non-hydrogen) atoms. The lowest BCUT2D eigenvalue weighted by atomic mass is 10.1. The lowest BCUT2D eigenvalue weighted by Gasteiger charge is -2.21. The lowest BCUT2D eigenvalue weighted by Crippen LogP contribution is -2.30. The van der Waals surface area contributed by atoms with Crippen molar-refractivity contribution in [3.63, 3.8) is 0 Å². The zero-order chi connectivity index (χ0) is 24.8. The number of aliphatic imine (C=N–C) groups is 1. The second kappa shape index (κ2) is 10.9. The van der Waals surface area contributed by atoms with Crippen molar-refractivity contribution in [1.29, 1.82) is 0 Å². The molecule has 0 saturated heterocycles. The van der Waals surface area contributed by atoms with Crippen molar-refractivity contribution in [2.24, 2.45) is 4.99 Å². The molecule has 0 atom stereocenters. The molecule has 0 bridgehead atoms. The Hall–Kier alpha value is -3.39. The van der Waals surface area contributed by atoms with Crippen molar-refractivity contribution in [2.75, 3.05) is 7.11 Å². The Balaban J connectivity index is 1.57. The van der Waals surface area contributed by atoms with E-state index in [2.05, 4.69) is 4.99 Å². The number of nitrogens with zero attached hydrogens (tertiary/aromatic N) is 2. The van der Waals surface area contributed by atoms with Crippen LogP contribution in [-0.4, -0.2) is 26.0 Å². The molecule has 4 rings (SSSR count). The lowest BCUT2D eigenvalue weighted by molar-refractivity contribution is 0.357. The van der Waals surface area contributed by atoms with Gasteiger partial charge in [0.2, 0.25) is 10.0 Å². The summed E-state index contributed by atoms with van der Waals surface area (Å²) >= 11 is 5.97. The number of aryl methyl sites for hydroxylation is 1. The van der Waals surface area contributed by atoms with Crippen LogP contribution in [0.25, 0.3) is 0 Å². The molecule has 0 spiro atoms. The molecular formula is C27H25ClN2O4S. The molecule has 0 fully saturated rings. The average molecular weight is 509 g/mol. The van der Waals surface area contributed by atoms with Crippen LogP contribution in [0.5, 0.6) is 5.75 Å². The van der Waals surface area contributed by atoms with Gasteiger partial charge in [-0.25, -0.2) is 8.42 Å². The van der Waals surface area contributed by atoms with Crippen molar-refractivity contribution in [3.8, 4) is 5.75 Å². The van der Waals surface area contributed by atoms with Crippen LogP contribution < -0.4 is 4.74 Å². The highest BCUT2D eigenvalue weighted by atomic mass is 35.5. The Labute approximate surface area is 210 Å². The van der Waals surface area contributed by atoms with Gasteiger partial charge in [-0.05, 0) is 73.2 Å². The highest BCUT2D eigenvalue weighted by Gasteiger charge is 2.26. The number of halogens is 1. The summed E-state index contributed by atoms with van der Waals surface area (Å²) in [5.74, 6) is 1.78. The van der Waals surface area contributed by atoms with Gasteiger partial charge in [0.25, 0.3) is 0 Å². The predicted octanol–water partition coefficient (Wildman–Crippen LogP) is 6.39. The molecule has 0 aliphatic rings. The fraction of sp³-hybridized carbons (Fsp3) is 0.148. The molecule has 0 radical (unpaired) electrons. The second-order valence-electron chi connectivity index (χ2n) is 7.97. The Morgan fingerprint density at radius 3 is 2.26 bits per heavy atom. The van der Waals surface area contributed by atoms with E-state index in [0.29, 0.717) is 16.5 Å². The molecular weight excluding hydrogens is 484 g/mol. The predicted molar refractivity (Wildman–Crippen MR) is 138 cm³/mol. The van der Waals surface area contributed by atoms with Gasteiger partial charge in [-0.1, -0.05) is 41.4 Å². The van der Waals surface area contributed by atoms with Gasteiger partial charge < -0.3 is 9.15 Å². The first kappa shape index (κ1) is 24.7. The standard InChI is InChI=1S/C27H25ClN2O4S/c1-20-3-5-21(6-4-20)18-30(35(31,32)27-15-7-22(28)8-16-27)19-26-14-13-25(34-26)17-29-23-9-11-24(33-2)12-10-23/h3-17H,18-19H2,1-2H3. The van der Waals surface area contributed by atoms with Gasteiger partial charge in [-0.15, -0.1) is 0 Å². The molecule has 0 saturated carbocycles. The topological polar surface area (TPSA) is 72.1 Å². The van der Waals surface area contributed by atoms with E-state index in [-0.39, 0.29) is 18.0 Å². The molecule has 180 valence electrons. The Kier molecular flexibility index (Phi) is 7.70. The first-order valence-electron chi connectivity index (χ1n) is 10.9. The number of ether oxygens (including phenoxy) is 1. The van der Waals surface area contributed by atoms with Gasteiger partial charge in [0.15, 0.2) is 0 Å². The molecule has 0 unspecified atom stereocenters. The zero-order valence-corrected chi connectivity index (χ0v) is 21.0.